The Kier molecular flexibility index (Phi) is 10.7. The fraction of sp³-hybridized carbons (Fsp3) is 0.481. The van der Waals surface area contributed by atoms with Crippen LogP contribution in [0.2, 0.25) is 10.0 Å². The number of benzene rings is 2. The Morgan fingerprint density at radius 2 is 1.70 bits per heavy atom. The molecule has 7 nitrogen and oxygen atoms in total. The van der Waals surface area contributed by atoms with E-state index < -0.39 is 16.1 Å². The number of sulfonamides is 1. The summed E-state index contributed by atoms with van der Waals surface area (Å²) in [7, 11) is -3.57. The molecule has 0 spiro atoms. The smallest absolute Gasteiger partial charge is 0.243 e. The third kappa shape index (κ3) is 8.35. The largest absolute Gasteiger partial charge is 0.352 e. The van der Waals surface area contributed by atoms with Gasteiger partial charge in [-0.05, 0) is 61.6 Å². The van der Waals surface area contributed by atoms with E-state index in [1.54, 1.807) is 35.2 Å². The summed E-state index contributed by atoms with van der Waals surface area (Å²) in [6.07, 6.45) is 6.04. The van der Waals surface area contributed by atoms with Gasteiger partial charge >= 0.3 is 0 Å². The number of anilines is 1. The van der Waals surface area contributed by atoms with Crippen LogP contribution >= 0.6 is 23.2 Å². The summed E-state index contributed by atoms with van der Waals surface area (Å²) >= 11 is 12.3. The predicted molar refractivity (Wildman–Crippen MR) is 149 cm³/mol. The van der Waals surface area contributed by atoms with E-state index in [1.165, 1.54) is 4.31 Å². The summed E-state index contributed by atoms with van der Waals surface area (Å²) in [6, 6.07) is 13.3. The van der Waals surface area contributed by atoms with Crippen molar-refractivity contribution in [2.45, 2.75) is 70.5 Å². The molecule has 2 aromatic rings. The van der Waals surface area contributed by atoms with Gasteiger partial charge in [0.1, 0.15) is 6.04 Å². The molecule has 2 amide bonds. The minimum absolute atomic E-state index is 0.0806. The number of carbonyl (C=O) groups excluding carboxylic acids is 2. The van der Waals surface area contributed by atoms with E-state index in [0.29, 0.717) is 22.2 Å². The van der Waals surface area contributed by atoms with E-state index in [0.717, 1.165) is 37.5 Å². The van der Waals surface area contributed by atoms with Crippen LogP contribution in [0.5, 0.6) is 0 Å². The zero-order chi connectivity index (χ0) is 27.0. The van der Waals surface area contributed by atoms with Crippen LogP contribution in [0.3, 0.4) is 0 Å². The Hall–Kier alpha value is -2.29. The van der Waals surface area contributed by atoms with E-state index in [4.69, 9.17) is 23.2 Å². The molecular weight excluding hydrogens is 533 g/mol. The van der Waals surface area contributed by atoms with Crippen molar-refractivity contribution in [3.05, 3.63) is 64.1 Å². The average molecular weight is 569 g/mol. The molecule has 2 aromatic carbocycles. The van der Waals surface area contributed by atoms with Crippen LogP contribution in [0, 0.1) is 0 Å². The molecule has 0 bridgehead atoms. The Bertz CT molecular complexity index is 1170. The molecule has 202 valence electrons. The van der Waals surface area contributed by atoms with Crippen LogP contribution in [0.25, 0.3) is 0 Å². The SMILES string of the molecule is CC[C@@H](C(=O)NC1CCCC1)N(Cc1ccccc1Cl)C(=O)CCCN(c1ccc(Cl)cc1)S(C)(=O)=O. The second kappa shape index (κ2) is 13.5. The fourth-order valence-electron chi connectivity index (χ4n) is 4.71. The molecule has 1 aliphatic rings. The lowest BCUT2D eigenvalue weighted by Crippen LogP contribution is -2.51. The maximum atomic E-state index is 13.5. The van der Waals surface area contributed by atoms with Crippen molar-refractivity contribution in [1.82, 2.24) is 10.2 Å². The first-order valence-electron chi connectivity index (χ1n) is 12.7. The van der Waals surface area contributed by atoms with Gasteiger partial charge < -0.3 is 10.2 Å². The average Bonchev–Trinajstić information content (AvgIpc) is 3.36. The molecule has 37 heavy (non-hydrogen) atoms. The van der Waals surface area contributed by atoms with E-state index >= 15 is 0 Å². The Labute approximate surface area is 230 Å². The lowest BCUT2D eigenvalue weighted by molar-refractivity contribution is -0.141. The van der Waals surface area contributed by atoms with E-state index in [2.05, 4.69) is 5.32 Å². The van der Waals surface area contributed by atoms with Crippen LogP contribution < -0.4 is 9.62 Å². The molecule has 1 saturated carbocycles. The molecule has 10 heteroatoms. The van der Waals surface area contributed by atoms with Crippen molar-refractivity contribution in [2.24, 2.45) is 0 Å². The quantitative estimate of drug-likeness (QED) is 0.371. The summed E-state index contributed by atoms with van der Waals surface area (Å²) in [5.41, 5.74) is 1.23. The first-order chi connectivity index (χ1) is 17.6. The van der Waals surface area contributed by atoms with Gasteiger partial charge in [-0.15, -0.1) is 0 Å². The topological polar surface area (TPSA) is 86.8 Å². The van der Waals surface area contributed by atoms with Gasteiger partial charge in [0.25, 0.3) is 0 Å². The maximum Gasteiger partial charge on any atom is 0.243 e. The summed E-state index contributed by atoms with van der Waals surface area (Å²) in [6.45, 7) is 2.21. The highest BCUT2D eigenvalue weighted by molar-refractivity contribution is 7.92. The summed E-state index contributed by atoms with van der Waals surface area (Å²) in [5.74, 6) is -0.383. The lowest BCUT2D eigenvalue weighted by Gasteiger charge is -2.32. The Morgan fingerprint density at radius 1 is 1.05 bits per heavy atom. The van der Waals surface area contributed by atoms with Crippen molar-refractivity contribution < 1.29 is 18.0 Å². The molecule has 0 unspecified atom stereocenters. The first kappa shape index (κ1) is 29.3. The number of nitrogens with zero attached hydrogens (tertiary/aromatic N) is 2. The highest BCUT2D eigenvalue weighted by atomic mass is 35.5. The van der Waals surface area contributed by atoms with E-state index in [9.17, 15) is 18.0 Å². The number of hydrogen-bond donors (Lipinski definition) is 1. The molecule has 0 aliphatic heterocycles. The molecule has 1 aliphatic carbocycles. The summed E-state index contributed by atoms with van der Waals surface area (Å²) in [5, 5.41) is 4.15. The van der Waals surface area contributed by atoms with Gasteiger partial charge in [0, 0.05) is 35.6 Å². The number of hydrogen-bond acceptors (Lipinski definition) is 4. The molecular formula is C27H35Cl2N3O4S. The van der Waals surface area contributed by atoms with E-state index in [-0.39, 0.29) is 43.8 Å². The highest BCUT2D eigenvalue weighted by Crippen LogP contribution is 2.24. The third-order valence-electron chi connectivity index (χ3n) is 6.65. The van der Waals surface area contributed by atoms with Crippen molar-refractivity contribution >= 4 is 50.7 Å². The van der Waals surface area contributed by atoms with Crippen LogP contribution in [0.15, 0.2) is 48.5 Å². The van der Waals surface area contributed by atoms with Crippen LogP contribution in [0.1, 0.15) is 57.4 Å². The molecule has 3 rings (SSSR count). The second-order valence-electron chi connectivity index (χ2n) is 9.44. The Morgan fingerprint density at radius 3 is 2.30 bits per heavy atom. The Balaban J connectivity index is 1.76. The van der Waals surface area contributed by atoms with Gasteiger partial charge in [-0.3, -0.25) is 13.9 Å². The molecule has 0 aromatic heterocycles. The zero-order valence-electron chi connectivity index (χ0n) is 21.3. The number of amides is 2. The van der Waals surface area contributed by atoms with Crippen LogP contribution in [0.4, 0.5) is 5.69 Å². The summed E-state index contributed by atoms with van der Waals surface area (Å²) in [4.78, 5) is 28.4. The molecule has 0 heterocycles. The van der Waals surface area contributed by atoms with Gasteiger partial charge in [-0.2, -0.15) is 0 Å². The minimum Gasteiger partial charge on any atom is -0.352 e. The molecule has 0 saturated heterocycles. The summed E-state index contributed by atoms with van der Waals surface area (Å²) < 4.78 is 26.2. The third-order valence-corrected chi connectivity index (χ3v) is 8.47. The zero-order valence-corrected chi connectivity index (χ0v) is 23.7. The van der Waals surface area contributed by atoms with Gasteiger partial charge in [0.15, 0.2) is 0 Å². The number of rotatable bonds is 12. The number of halogens is 2. The van der Waals surface area contributed by atoms with Crippen LogP contribution in [-0.4, -0.2) is 50.0 Å². The van der Waals surface area contributed by atoms with Gasteiger partial charge in [0.2, 0.25) is 21.8 Å². The van der Waals surface area contributed by atoms with Crippen molar-refractivity contribution in [1.29, 1.82) is 0 Å². The fourth-order valence-corrected chi connectivity index (χ4v) is 6.00. The standard InChI is InChI=1S/C27H35Cl2N3O4S/c1-3-25(27(34)30-22-10-5-6-11-22)31(19-20-9-4-7-12-24(20)29)26(33)13-8-18-32(37(2,35)36)23-16-14-21(28)15-17-23/h4,7,9,12,14-17,22,25H,3,5-6,8,10-11,13,18-19H2,1-2H3,(H,30,34)/t25-/m0/s1. The minimum atomic E-state index is -3.57. The first-order valence-corrected chi connectivity index (χ1v) is 15.3. The molecule has 1 fully saturated rings. The highest BCUT2D eigenvalue weighted by Gasteiger charge is 2.31. The van der Waals surface area contributed by atoms with Gasteiger partial charge in [0.05, 0.1) is 11.9 Å². The monoisotopic (exact) mass is 567 g/mol. The molecule has 0 radical (unpaired) electrons. The van der Waals surface area contributed by atoms with Gasteiger partial charge in [-0.1, -0.05) is 61.2 Å². The van der Waals surface area contributed by atoms with Crippen molar-refractivity contribution in [3.63, 3.8) is 0 Å². The van der Waals surface area contributed by atoms with Gasteiger partial charge in [-0.25, -0.2) is 8.42 Å². The number of carbonyl (C=O) groups is 2. The van der Waals surface area contributed by atoms with E-state index in [1.807, 2.05) is 25.1 Å². The molecule has 1 N–H and O–H groups in total. The molecule has 1 atom stereocenters. The van der Waals surface area contributed by atoms with Crippen molar-refractivity contribution in [2.75, 3.05) is 17.1 Å². The van der Waals surface area contributed by atoms with Crippen molar-refractivity contribution in [3.8, 4) is 0 Å². The normalized spacial score (nSPS) is 14.8. The second-order valence-corrected chi connectivity index (χ2v) is 12.2. The lowest BCUT2D eigenvalue weighted by atomic mass is 10.1. The van der Waals surface area contributed by atoms with Crippen LogP contribution in [-0.2, 0) is 26.2 Å². The predicted octanol–water partition coefficient (Wildman–Crippen LogP) is 5.41. The maximum absolute atomic E-state index is 13.5. The number of nitrogens with one attached hydrogen (secondary N) is 1.